The topological polar surface area (TPSA) is 51.2 Å². The molecule has 1 aromatic carbocycles. The highest BCUT2D eigenvalue weighted by molar-refractivity contribution is 5.78. The van der Waals surface area contributed by atoms with Crippen molar-refractivity contribution in [1.82, 2.24) is 9.55 Å². The largest absolute Gasteiger partial charge is 0.455 e. The molecule has 0 aliphatic carbocycles. The third-order valence-electron chi connectivity index (χ3n) is 3.15. The Balaban J connectivity index is 2.07. The van der Waals surface area contributed by atoms with E-state index in [0.717, 1.165) is 0 Å². The summed E-state index contributed by atoms with van der Waals surface area (Å²) in [4.78, 5) is 4.00. The standard InChI is InChI=1S/C14H13FN2O2/c1-2-17-8-16-7-11(17)13(18)12-6-9-4-3-5-10(15)14(9)19-12/h3-8,13,18H,2H2,1H3. The minimum Gasteiger partial charge on any atom is -0.455 e. The SMILES string of the molecule is CCn1cncc1C(O)c1cc2cccc(F)c2o1. The fourth-order valence-electron chi connectivity index (χ4n) is 2.15. The molecule has 1 N–H and O–H groups in total. The van der Waals surface area contributed by atoms with Crippen LogP contribution < -0.4 is 0 Å². The fraction of sp³-hybridized carbons (Fsp3) is 0.214. The van der Waals surface area contributed by atoms with E-state index in [1.165, 1.54) is 6.07 Å². The van der Waals surface area contributed by atoms with Gasteiger partial charge in [0.1, 0.15) is 5.76 Å². The predicted octanol–water partition coefficient (Wildman–Crippen LogP) is 2.87. The van der Waals surface area contributed by atoms with Crippen molar-refractivity contribution in [3.8, 4) is 0 Å². The number of benzene rings is 1. The molecule has 0 fully saturated rings. The van der Waals surface area contributed by atoms with Crippen LogP contribution in [0.5, 0.6) is 0 Å². The first kappa shape index (κ1) is 11.9. The van der Waals surface area contributed by atoms with E-state index < -0.39 is 11.9 Å². The molecule has 0 aliphatic rings. The molecule has 0 radical (unpaired) electrons. The zero-order chi connectivity index (χ0) is 13.4. The highest BCUT2D eigenvalue weighted by Gasteiger charge is 2.20. The molecule has 0 amide bonds. The zero-order valence-electron chi connectivity index (χ0n) is 10.4. The summed E-state index contributed by atoms with van der Waals surface area (Å²) in [7, 11) is 0. The van der Waals surface area contributed by atoms with Crippen LogP contribution in [0.1, 0.15) is 24.5 Å². The molecule has 0 spiro atoms. The maximum Gasteiger partial charge on any atom is 0.170 e. The molecule has 3 rings (SSSR count). The van der Waals surface area contributed by atoms with E-state index >= 15 is 0 Å². The van der Waals surface area contributed by atoms with E-state index in [1.54, 1.807) is 30.7 Å². The van der Waals surface area contributed by atoms with Crippen LogP contribution >= 0.6 is 0 Å². The smallest absolute Gasteiger partial charge is 0.170 e. The van der Waals surface area contributed by atoms with Gasteiger partial charge in [0.2, 0.25) is 0 Å². The van der Waals surface area contributed by atoms with Gasteiger partial charge in [0.05, 0.1) is 18.2 Å². The van der Waals surface area contributed by atoms with Crippen LogP contribution in [-0.4, -0.2) is 14.7 Å². The van der Waals surface area contributed by atoms with Gasteiger partial charge in [-0.3, -0.25) is 0 Å². The Morgan fingerprint density at radius 3 is 3.05 bits per heavy atom. The molecule has 2 aromatic heterocycles. The van der Waals surface area contributed by atoms with Crippen LogP contribution in [0.4, 0.5) is 4.39 Å². The van der Waals surface area contributed by atoms with Crippen LogP contribution in [0.2, 0.25) is 0 Å². The summed E-state index contributed by atoms with van der Waals surface area (Å²) in [6.07, 6.45) is 2.27. The number of aryl methyl sites for hydroxylation is 1. The highest BCUT2D eigenvalue weighted by Crippen LogP contribution is 2.29. The van der Waals surface area contributed by atoms with Gasteiger partial charge in [-0.05, 0) is 19.1 Å². The molecule has 19 heavy (non-hydrogen) atoms. The van der Waals surface area contributed by atoms with Crippen LogP contribution in [0, 0.1) is 5.82 Å². The molecule has 0 saturated carbocycles. The van der Waals surface area contributed by atoms with Gasteiger partial charge in [-0.2, -0.15) is 0 Å². The van der Waals surface area contributed by atoms with E-state index in [2.05, 4.69) is 4.98 Å². The maximum atomic E-state index is 13.6. The van der Waals surface area contributed by atoms with Crippen molar-refractivity contribution in [3.63, 3.8) is 0 Å². The number of aliphatic hydroxyl groups is 1. The lowest BCUT2D eigenvalue weighted by Gasteiger charge is -2.09. The molecule has 1 unspecified atom stereocenters. The Kier molecular flexibility index (Phi) is 2.83. The molecule has 1 atom stereocenters. The Bertz CT molecular complexity index is 717. The van der Waals surface area contributed by atoms with Crippen LogP contribution in [-0.2, 0) is 6.54 Å². The van der Waals surface area contributed by atoms with Crippen LogP contribution in [0.15, 0.2) is 41.2 Å². The van der Waals surface area contributed by atoms with Gasteiger partial charge in [-0.25, -0.2) is 9.37 Å². The number of para-hydroxylation sites is 1. The minimum absolute atomic E-state index is 0.166. The second-order valence-corrected chi connectivity index (χ2v) is 4.31. The number of aliphatic hydroxyl groups excluding tert-OH is 1. The summed E-state index contributed by atoms with van der Waals surface area (Å²) in [5, 5.41) is 10.9. The van der Waals surface area contributed by atoms with E-state index in [0.29, 0.717) is 23.4 Å². The van der Waals surface area contributed by atoms with E-state index in [1.807, 2.05) is 11.5 Å². The number of hydrogen-bond acceptors (Lipinski definition) is 3. The van der Waals surface area contributed by atoms with Crippen LogP contribution in [0.3, 0.4) is 0 Å². The first-order chi connectivity index (χ1) is 9.20. The molecule has 0 saturated heterocycles. The minimum atomic E-state index is -0.950. The van der Waals surface area contributed by atoms with Gasteiger partial charge in [0, 0.05) is 11.9 Å². The van der Waals surface area contributed by atoms with Gasteiger partial charge < -0.3 is 14.1 Å². The van der Waals surface area contributed by atoms with E-state index in [4.69, 9.17) is 4.42 Å². The quantitative estimate of drug-likeness (QED) is 0.787. The van der Waals surface area contributed by atoms with Crippen molar-refractivity contribution < 1.29 is 13.9 Å². The third kappa shape index (κ3) is 1.92. The van der Waals surface area contributed by atoms with Gasteiger partial charge in [0.15, 0.2) is 17.5 Å². The zero-order valence-corrected chi connectivity index (χ0v) is 10.4. The van der Waals surface area contributed by atoms with Crippen molar-refractivity contribution in [2.24, 2.45) is 0 Å². The number of fused-ring (bicyclic) bond motifs is 1. The first-order valence-electron chi connectivity index (χ1n) is 6.06. The summed E-state index contributed by atoms with van der Waals surface area (Å²) in [6, 6.07) is 6.34. The molecular weight excluding hydrogens is 247 g/mol. The van der Waals surface area contributed by atoms with Crippen molar-refractivity contribution in [2.45, 2.75) is 19.6 Å². The van der Waals surface area contributed by atoms with Crippen molar-refractivity contribution in [3.05, 3.63) is 54.1 Å². The summed E-state index contributed by atoms with van der Waals surface area (Å²) in [5.41, 5.74) is 0.793. The summed E-state index contributed by atoms with van der Waals surface area (Å²) in [5.74, 6) is -0.116. The number of furan rings is 1. The second-order valence-electron chi connectivity index (χ2n) is 4.31. The number of hydrogen-bond donors (Lipinski definition) is 1. The predicted molar refractivity (Wildman–Crippen MR) is 68.1 cm³/mol. The molecular formula is C14H13FN2O2. The van der Waals surface area contributed by atoms with Crippen molar-refractivity contribution >= 4 is 11.0 Å². The Morgan fingerprint density at radius 2 is 2.32 bits per heavy atom. The van der Waals surface area contributed by atoms with Crippen molar-refractivity contribution in [1.29, 1.82) is 0 Å². The number of rotatable bonds is 3. The lowest BCUT2D eigenvalue weighted by Crippen LogP contribution is -2.06. The average Bonchev–Trinajstić information content (AvgIpc) is 3.04. The molecule has 98 valence electrons. The first-order valence-corrected chi connectivity index (χ1v) is 6.06. The van der Waals surface area contributed by atoms with Crippen LogP contribution in [0.25, 0.3) is 11.0 Å². The number of halogens is 1. The van der Waals surface area contributed by atoms with E-state index in [-0.39, 0.29) is 5.58 Å². The molecule has 3 aromatic rings. The number of imidazole rings is 1. The molecule has 4 nitrogen and oxygen atoms in total. The summed E-state index contributed by atoms with van der Waals surface area (Å²) < 4.78 is 20.8. The van der Waals surface area contributed by atoms with Gasteiger partial charge >= 0.3 is 0 Å². The van der Waals surface area contributed by atoms with E-state index in [9.17, 15) is 9.50 Å². The Labute approximate surface area is 109 Å². The molecule has 0 bridgehead atoms. The van der Waals surface area contributed by atoms with Gasteiger partial charge in [-0.15, -0.1) is 0 Å². The summed E-state index contributed by atoms with van der Waals surface area (Å²) >= 11 is 0. The molecule has 2 heterocycles. The third-order valence-corrected chi connectivity index (χ3v) is 3.15. The fourth-order valence-corrected chi connectivity index (χ4v) is 2.15. The Morgan fingerprint density at radius 1 is 1.47 bits per heavy atom. The number of nitrogens with zero attached hydrogens (tertiary/aromatic N) is 2. The number of aromatic nitrogens is 2. The maximum absolute atomic E-state index is 13.6. The Hall–Kier alpha value is -2.14. The normalized spacial score (nSPS) is 13.0. The van der Waals surface area contributed by atoms with Gasteiger partial charge in [-0.1, -0.05) is 12.1 Å². The lowest BCUT2D eigenvalue weighted by atomic mass is 10.2. The second kappa shape index (κ2) is 4.51. The van der Waals surface area contributed by atoms with Gasteiger partial charge in [0.25, 0.3) is 0 Å². The highest BCUT2D eigenvalue weighted by atomic mass is 19.1. The summed E-state index contributed by atoms with van der Waals surface area (Å²) in [6.45, 7) is 2.65. The monoisotopic (exact) mass is 260 g/mol. The molecule has 5 heteroatoms. The molecule has 0 aliphatic heterocycles. The average molecular weight is 260 g/mol. The van der Waals surface area contributed by atoms with Crippen molar-refractivity contribution in [2.75, 3.05) is 0 Å². The lowest BCUT2D eigenvalue weighted by molar-refractivity contribution is 0.182.